The van der Waals surface area contributed by atoms with Crippen molar-refractivity contribution in [2.45, 2.75) is 12.8 Å². The van der Waals surface area contributed by atoms with E-state index in [1.54, 1.807) is 0 Å². The van der Waals surface area contributed by atoms with Gasteiger partial charge in [-0.2, -0.15) is 0 Å². The van der Waals surface area contributed by atoms with Crippen LogP contribution < -0.4 is 0 Å². The number of pyridine rings is 2. The molecule has 208 valence electrons. The van der Waals surface area contributed by atoms with E-state index >= 15 is 0 Å². The Morgan fingerprint density at radius 3 is 1.77 bits per heavy atom. The molecule has 0 atom stereocenters. The van der Waals surface area contributed by atoms with Crippen molar-refractivity contribution < 1.29 is 0 Å². The zero-order chi connectivity index (χ0) is 29.0. The average molecular weight is 565 g/mol. The molecule has 44 heavy (non-hydrogen) atoms. The van der Waals surface area contributed by atoms with Gasteiger partial charge in [0.25, 0.3) is 0 Å². The third kappa shape index (κ3) is 3.85. The Morgan fingerprint density at radius 1 is 0.477 bits per heavy atom. The highest BCUT2D eigenvalue weighted by Gasteiger charge is 2.23. The minimum Gasteiger partial charge on any atom is -0.294 e. The van der Waals surface area contributed by atoms with Crippen molar-refractivity contribution in [3.8, 4) is 34.2 Å². The van der Waals surface area contributed by atoms with Gasteiger partial charge in [0, 0.05) is 27.3 Å². The molecule has 4 aromatic carbocycles. The molecule has 4 nitrogen and oxygen atoms in total. The molecule has 4 heterocycles. The molecule has 9 rings (SSSR count). The van der Waals surface area contributed by atoms with E-state index in [-0.39, 0.29) is 0 Å². The van der Waals surface area contributed by atoms with Gasteiger partial charge in [-0.3, -0.25) is 9.13 Å². The first-order valence-corrected chi connectivity index (χ1v) is 15.2. The molecule has 0 spiro atoms. The second-order valence-corrected chi connectivity index (χ2v) is 11.4. The normalized spacial score (nSPS) is 12.7. The molecule has 0 saturated heterocycles. The van der Waals surface area contributed by atoms with Gasteiger partial charge < -0.3 is 0 Å². The second kappa shape index (κ2) is 9.92. The number of fused-ring (bicyclic) bond motifs is 6. The quantitative estimate of drug-likeness (QED) is 0.213. The maximum Gasteiger partial charge on any atom is 0.138 e. The Labute approximate surface area is 255 Å². The van der Waals surface area contributed by atoms with Crippen LogP contribution in [0.3, 0.4) is 0 Å². The minimum atomic E-state index is 0.919. The van der Waals surface area contributed by atoms with Crippen molar-refractivity contribution in [2.75, 3.05) is 0 Å². The molecule has 0 bridgehead atoms. The van der Waals surface area contributed by atoms with Crippen LogP contribution >= 0.6 is 0 Å². The Hall–Kier alpha value is -5.74. The van der Waals surface area contributed by atoms with Crippen molar-refractivity contribution in [3.05, 3.63) is 151 Å². The maximum absolute atomic E-state index is 5.19. The Morgan fingerprint density at radius 2 is 1.07 bits per heavy atom. The van der Waals surface area contributed by atoms with Gasteiger partial charge in [0.1, 0.15) is 11.6 Å². The Balaban J connectivity index is 1.32. The van der Waals surface area contributed by atoms with E-state index in [9.17, 15) is 0 Å². The lowest BCUT2D eigenvalue weighted by molar-refractivity contribution is 0.953. The SMILES string of the molecule is C1=Cc2c(c3cc4c(cc3n2-c2cccc(-c3ccccc3)n2)c2ccccc2n4-c2cccc(-c3ccccc3)n2)CC1. The third-order valence-corrected chi connectivity index (χ3v) is 8.81. The van der Waals surface area contributed by atoms with Crippen molar-refractivity contribution in [2.24, 2.45) is 0 Å². The first kappa shape index (κ1) is 24.8. The zero-order valence-corrected chi connectivity index (χ0v) is 24.1. The largest absolute Gasteiger partial charge is 0.294 e. The number of aromatic nitrogens is 4. The van der Waals surface area contributed by atoms with Crippen LogP contribution in [0.25, 0.3) is 72.9 Å². The fourth-order valence-corrected chi connectivity index (χ4v) is 6.82. The summed E-state index contributed by atoms with van der Waals surface area (Å²) in [6, 6.07) is 46.9. The maximum atomic E-state index is 5.19. The zero-order valence-electron chi connectivity index (χ0n) is 24.1. The Bertz CT molecular complexity index is 2380. The van der Waals surface area contributed by atoms with Gasteiger partial charge in [0.05, 0.1) is 33.6 Å². The van der Waals surface area contributed by atoms with E-state index in [4.69, 9.17) is 9.97 Å². The molecule has 4 heteroatoms. The number of hydrogen-bond donors (Lipinski definition) is 0. The number of benzene rings is 4. The van der Waals surface area contributed by atoms with Crippen LogP contribution in [-0.2, 0) is 6.42 Å². The molecule has 8 aromatic rings. The number of nitrogens with zero attached hydrogens (tertiary/aromatic N) is 4. The fraction of sp³-hybridized carbons (Fsp3) is 0.0500. The van der Waals surface area contributed by atoms with Gasteiger partial charge in [-0.15, -0.1) is 0 Å². The predicted molar refractivity (Wildman–Crippen MR) is 181 cm³/mol. The summed E-state index contributed by atoms with van der Waals surface area (Å²) < 4.78 is 4.68. The summed E-state index contributed by atoms with van der Waals surface area (Å²) in [5.41, 5.74) is 10.3. The summed E-state index contributed by atoms with van der Waals surface area (Å²) in [5.74, 6) is 1.85. The first-order chi connectivity index (χ1) is 21.8. The van der Waals surface area contributed by atoms with E-state index in [0.717, 1.165) is 58.0 Å². The lowest BCUT2D eigenvalue weighted by Crippen LogP contribution is -2.03. The number of rotatable bonds is 4. The number of allylic oxidation sites excluding steroid dienone is 1. The summed E-state index contributed by atoms with van der Waals surface area (Å²) in [5, 5.41) is 3.69. The summed E-state index contributed by atoms with van der Waals surface area (Å²) in [4.78, 5) is 10.4. The first-order valence-electron chi connectivity index (χ1n) is 15.2. The molecule has 4 aromatic heterocycles. The lowest BCUT2D eigenvalue weighted by atomic mass is 10.00. The molecular formula is C40H28N4. The summed E-state index contributed by atoms with van der Waals surface area (Å²) >= 11 is 0. The van der Waals surface area contributed by atoms with E-state index in [1.807, 2.05) is 12.1 Å². The second-order valence-electron chi connectivity index (χ2n) is 11.4. The van der Waals surface area contributed by atoms with E-state index in [0.29, 0.717) is 0 Å². The summed E-state index contributed by atoms with van der Waals surface area (Å²) in [7, 11) is 0. The molecule has 0 aliphatic heterocycles. The molecule has 0 amide bonds. The Kier molecular flexibility index (Phi) is 5.60. The predicted octanol–water partition coefficient (Wildman–Crippen LogP) is 9.81. The van der Waals surface area contributed by atoms with Gasteiger partial charge in [-0.25, -0.2) is 9.97 Å². The molecule has 0 N–H and O–H groups in total. The topological polar surface area (TPSA) is 35.6 Å². The van der Waals surface area contributed by atoms with Crippen LogP contribution in [0.4, 0.5) is 0 Å². The van der Waals surface area contributed by atoms with Crippen LogP contribution in [0.2, 0.25) is 0 Å². The molecule has 0 saturated carbocycles. The van der Waals surface area contributed by atoms with Gasteiger partial charge in [0.15, 0.2) is 0 Å². The highest BCUT2D eigenvalue weighted by molar-refractivity contribution is 6.14. The monoisotopic (exact) mass is 564 g/mol. The average Bonchev–Trinajstić information content (AvgIpc) is 3.60. The third-order valence-electron chi connectivity index (χ3n) is 8.81. The molecular weight excluding hydrogens is 536 g/mol. The number of aryl methyl sites for hydroxylation is 1. The smallest absolute Gasteiger partial charge is 0.138 e. The molecule has 0 radical (unpaired) electrons. The molecule has 0 fully saturated rings. The highest BCUT2D eigenvalue weighted by atomic mass is 15.1. The van der Waals surface area contributed by atoms with Crippen LogP contribution in [0.15, 0.2) is 140 Å². The van der Waals surface area contributed by atoms with Crippen LogP contribution in [0.5, 0.6) is 0 Å². The van der Waals surface area contributed by atoms with Crippen LogP contribution in [0, 0.1) is 0 Å². The van der Waals surface area contributed by atoms with Gasteiger partial charge >= 0.3 is 0 Å². The van der Waals surface area contributed by atoms with Crippen molar-refractivity contribution in [3.63, 3.8) is 0 Å². The van der Waals surface area contributed by atoms with Crippen LogP contribution in [0.1, 0.15) is 17.7 Å². The van der Waals surface area contributed by atoms with Crippen LogP contribution in [-0.4, -0.2) is 19.1 Å². The molecule has 0 unspecified atom stereocenters. The highest BCUT2D eigenvalue weighted by Crippen LogP contribution is 2.40. The molecule has 1 aliphatic carbocycles. The van der Waals surface area contributed by atoms with Crippen molar-refractivity contribution in [1.29, 1.82) is 0 Å². The van der Waals surface area contributed by atoms with E-state index in [2.05, 4.69) is 143 Å². The van der Waals surface area contributed by atoms with Gasteiger partial charge in [0.2, 0.25) is 0 Å². The standard InChI is InChI=1S/C40H28N4/c1-3-13-27(14-4-1)33-19-11-23-39(41-33)43-35-21-9-7-17-29(35)31-26-38-32(25-37(31)43)30-18-8-10-22-36(30)44(38)40-24-12-20-34(42-40)28-15-5-2-6-16-28/h1-7,9-17,19-26H,8,18H2. The molecule has 1 aliphatic rings. The van der Waals surface area contributed by atoms with Crippen molar-refractivity contribution >= 4 is 38.8 Å². The van der Waals surface area contributed by atoms with E-state index < -0.39 is 0 Å². The minimum absolute atomic E-state index is 0.919. The van der Waals surface area contributed by atoms with Crippen molar-refractivity contribution in [1.82, 2.24) is 19.1 Å². The lowest BCUT2D eigenvalue weighted by Gasteiger charge is -2.12. The fourth-order valence-electron chi connectivity index (χ4n) is 6.82. The van der Waals surface area contributed by atoms with E-state index in [1.165, 1.54) is 32.9 Å². The van der Waals surface area contributed by atoms with Gasteiger partial charge in [-0.1, -0.05) is 97.1 Å². The summed E-state index contributed by atoms with van der Waals surface area (Å²) in [6.45, 7) is 0. The summed E-state index contributed by atoms with van der Waals surface area (Å²) in [6.07, 6.45) is 6.59. The van der Waals surface area contributed by atoms with Gasteiger partial charge in [-0.05, 0) is 66.9 Å². The number of para-hydroxylation sites is 1. The number of hydrogen-bond acceptors (Lipinski definition) is 2.